The molecule has 1 atom stereocenters. The van der Waals surface area contributed by atoms with Gasteiger partial charge < -0.3 is 20.4 Å². The lowest BCUT2D eigenvalue weighted by molar-refractivity contribution is -0.832. The number of esters is 1. The summed E-state index contributed by atoms with van der Waals surface area (Å²) in [5.74, 6) is -0.828. The predicted octanol–water partition coefficient (Wildman–Crippen LogP) is 0.976. The van der Waals surface area contributed by atoms with Crippen LogP contribution in [0.3, 0.4) is 0 Å². The van der Waals surface area contributed by atoms with Gasteiger partial charge in [-0.25, -0.2) is 8.42 Å². The smallest absolute Gasteiger partial charge is 0.420 e. The summed E-state index contributed by atoms with van der Waals surface area (Å²) in [6.45, 7) is 0. The second-order valence-corrected chi connectivity index (χ2v) is 7.80. The molecule has 0 saturated heterocycles. The Labute approximate surface area is 165 Å². The van der Waals surface area contributed by atoms with Crippen LogP contribution >= 0.6 is 0 Å². The lowest BCUT2D eigenvalue weighted by atomic mass is 10.1. The molecule has 0 unspecified atom stereocenters. The highest BCUT2D eigenvalue weighted by Crippen LogP contribution is 2.28. The SMILES string of the molecule is COC(=O)[C@@H](N)Cc1ccc(Oc2no[n+]([O-])c2S(=O)(=O)c2ccccc2)cc1. The van der Waals surface area contributed by atoms with Crippen LogP contribution in [-0.2, 0) is 25.8 Å². The molecule has 1 heterocycles. The number of aromatic nitrogens is 2. The van der Waals surface area contributed by atoms with Gasteiger partial charge in [-0.3, -0.25) is 9.42 Å². The number of carbonyl (C=O) groups is 1. The number of ether oxygens (including phenoxy) is 2. The maximum Gasteiger partial charge on any atom is 0.420 e. The van der Waals surface area contributed by atoms with Crippen molar-refractivity contribution in [2.45, 2.75) is 22.4 Å². The normalized spacial score (nSPS) is 12.3. The lowest BCUT2D eigenvalue weighted by Crippen LogP contribution is -2.33. The van der Waals surface area contributed by atoms with Crippen LogP contribution in [0, 0.1) is 5.21 Å². The number of sulfone groups is 1. The first-order chi connectivity index (χ1) is 13.8. The van der Waals surface area contributed by atoms with Crippen molar-refractivity contribution in [1.29, 1.82) is 0 Å². The average molecular weight is 419 g/mol. The maximum atomic E-state index is 12.7. The second-order valence-electron chi connectivity index (χ2n) is 5.94. The largest absolute Gasteiger partial charge is 0.468 e. The molecule has 3 rings (SSSR count). The van der Waals surface area contributed by atoms with Crippen molar-refractivity contribution in [2.24, 2.45) is 5.73 Å². The van der Waals surface area contributed by atoms with E-state index in [9.17, 15) is 18.4 Å². The van der Waals surface area contributed by atoms with Crippen LogP contribution in [0.2, 0.25) is 0 Å². The van der Waals surface area contributed by atoms with E-state index in [4.69, 9.17) is 10.5 Å². The van der Waals surface area contributed by atoms with Crippen molar-refractivity contribution in [1.82, 2.24) is 5.16 Å². The molecule has 29 heavy (non-hydrogen) atoms. The molecule has 2 aromatic carbocycles. The zero-order valence-corrected chi connectivity index (χ0v) is 16.0. The first-order valence-electron chi connectivity index (χ1n) is 8.33. The fourth-order valence-electron chi connectivity index (χ4n) is 2.51. The average Bonchev–Trinajstić information content (AvgIpc) is 3.10. The lowest BCUT2D eigenvalue weighted by Gasteiger charge is -2.09. The van der Waals surface area contributed by atoms with Gasteiger partial charge in [0, 0.05) is 0 Å². The molecule has 0 radical (unpaired) electrons. The molecule has 0 spiro atoms. The summed E-state index contributed by atoms with van der Waals surface area (Å²) in [5, 5.41) is 14.5. The van der Waals surface area contributed by atoms with E-state index in [1.165, 1.54) is 43.5 Å². The van der Waals surface area contributed by atoms with Crippen LogP contribution in [0.25, 0.3) is 0 Å². The van der Waals surface area contributed by atoms with Gasteiger partial charge in [0.15, 0.2) is 0 Å². The molecule has 152 valence electrons. The van der Waals surface area contributed by atoms with E-state index in [1.807, 2.05) is 0 Å². The molecule has 1 aromatic heterocycles. The molecule has 10 nitrogen and oxygen atoms in total. The summed E-state index contributed by atoms with van der Waals surface area (Å²) >= 11 is 0. The topological polar surface area (TPSA) is 149 Å². The number of methoxy groups -OCH3 is 1. The van der Waals surface area contributed by atoms with E-state index in [2.05, 4.69) is 14.5 Å². The van der Waals surface area contributed by atoms with Crippen molar-refractivity contribution >= 4 is 15.8 Å². The van der Waals surface area contributed by atoms with Crippen molar-refractivity contribution in [3.8, 4) is 11.6 Å². The van der Waals surface area contributed by atoms with E-state index < -0.39 is 32.8 Å². The Morgan fingerprint density at radius 3 is 2.48 bits per heavy atom. The summed E-state index contributed by atoms with van der Waals surface area (Å²) in [7, 11) is -2.96. The Balaban J connectivity index is 1.83. The predicted molar refractivity (Wildman–Crippen MR) is 97.6 cm³/mol. The van der Waals surface area contributed by atoms with Crippen LogP contribution in [0.4, 0.5) is 0 Å². The highest BCUT2D eigenvalue weighted by Gasteiger charge is 2.36. The molecule has 0 fully saturated rings. The van der Waals surface area contributed by atoms with Crippen molar-refractivity contribution in [3.05, 3.63) is 65.4 Å². The standard InChI is InChI=1S/C18H17N3O7S/c1-26-18(22)15(19)11-12-7-9-13(10-8-12)27-16-17(21(23)28-20-16)29(24,25)14-5-3-2-4-6-14/h2-10,15H,11,19H2,1H3/t15-/m0/s1. The van der Waals surface area contributed by atoms with Gasteiger partial charge in [-0.1, -0.05) is 30.3 Å². The molecule has 0 amide bonds. The number of carbonyl (C=O) groups excluding carboxylic acids is 1. The number of hydrogen-bond acceptors (Lipinski definition) is 9. The third-order valence-electron chi connectivity index (χ3n) is 3.95. The number of rotatable bonds is 7. The fourth-order valence-corrected chi connectivity index (χ4v) is 3.79. The van der Waals surface area contributed by atoms with E-state index in [-0.39, 0.29) is 22.0 Å². The molecule has 2 N–H and O–H groups in total. The Hall–Kier alpha value is -3.44. The number of nitrogens with zero attached hydrogens (tertiary/aromatic N) is 2. The third-order valence-corrected chi connectivity index (χ3v) is 5.68. The van der Waals surface area contributed by atoms with E-state index in [0.717, 1.165) is 5.56 Å². The van der Waals surface area contributed by atoms with Gasteiger partial charge in [-0.05, 0) is 41.2 Å². The van der Waals surface area contributed by atoms with Crippen LogP contribution < -0.4 is 15.4 Å². The Morgan fingerprint density at radius 2 is 1.86 bits per heavy atom. The number of benzene rings is 2. The molecule has 3 aromatic rings. The molecule has 0 aliphatic rings. The zero-order valence-electron chi connectivity index (χ0n) is 15.2. The minimum atomic E-state index is -4.21. The number of hydrogen-bond donors (Lipinski definition) is 1. The summed E-state index contributed by atoms with van der Waals surface area (Å²) in [5.41, 5.74) is 6.44. The first-order valence-corrected chi connectivity index (χ1v) is 9.81. The zero-order chi connectivity index (χ0) is 21.0. The van der Waals surface area contributed by atoms with Crippen LogP contribution in [0.15, 0.2) is 69.1 Å². The van der Waals surface area contributed by atoms with Crippen molar-refractivity contribution in [3.63, 3.8) is 0 Å². The van der Waals surface area contributed by atoms with Gasteiger partial charge >= 0.3 is 16.9 Å². The quantitative estimate of drug-likeness (QED) is 0.437. The van der Waals surface area contributed by atoms with Gasteiger partial charge in [-0.2, -0.15) is 0 Å². The molecule has 0 aliphatic heterocycles. The minimum absolute atomic E-state index is 0.107. The molecular formula is C18H17N3O7S. The molecular weight excluding hydrogens is 402 g/mol. The number of nitrogens with two attached hydrogens (primary N) is 1. The molecule has 11 heteroatoms. The Morgan fingerprint density at radius 1 is 1.21 bits per heavy atom. The molecule has 0 saturated carbocycles. The van der Waals surface area contributed by atoms with Gasteiger partial charge in [-0.15, -0.1) is 0 Å². The van der Waals surface area contributed by atoms with E-state index >= 15 is 0 Å². The first kappa shape index (κ1) is 20.3. The second kappa shape index (κ2) is 8.29. The van der Waals surface area contributed by atoms with Crippen LogP contribution in [0.1, 0.15) is 5.56 Å². The van der Waals surface area contributed by atoms with Crippen molar-refractivity contribution in [2.75, 3.05) is 7.11 Å². The minimum Gasteiger partial charge on any atom is -0.468 e. The van der Waals surface area contributed by atoms with Crippen LogP contribution in [0.5, 0.6) is 11.6 Å². The van der Waals surface area contributed by atoms with E-state index in [0.29, 0.717) is 0 Å². The third kappa shape index (κ3) is 4.36. The van der Waals surface area contributed by atoms with Gasteiger partial charge in [0.05, 0.1) is 17.2 Å². The molecule has 0 bridgehead atoms. The summed E-state index contributed by atoms with van der Waals surface area (Å²) < 4.78 is 39.9. The van der Waals surface area contributed by atoms with Gasteiger partial charge in [0.1, 0.15) is 11.8 Å². The highest BCUT2D eigenvalue weighted by molar-refractivity contribution is 7.91. The Kier molecular flexibility index (Phi) is 5.80. The summed E-state index contributed by atoms with van der Waals surface area (Å²) in [6, 6.07) is 12.8. The van der Waals surface area contributed by atoms with Gasteiger partial charge in [0.25, 0.3) is 9.84 Å². The monoisotopic (exact) mass is 419 g/mol. The van der Waals surface area contributed by atoms with Gasteiger partial charge in [0.2, 0.25) is 0 Å². The molecule has 0 aliphatic carbocycles. The summed E-state index contributed by atoms with van der Waals surface area (Å²) in [4.78, 5) is 11.1. The highest BCUT2D eigenvalue weighted by atomic mass is 32.2. The Bertz CT molecular complexity index is 1100. The van der Waals surface area contributed by atoms with Crippen molar-refractivity contribution < 1.29 is 32.2 Å². The van der Waals surface area contributed by atoms with E-state index in [1.54, 1.807) is 18.2 Å². The van der Waals surface area contributed by atoms with Crippen LogP contribution in [-0.4, -0.2) is 32.7 Å². The fraction of sp³-hybridized carbons (Fsp3) is 0.167. The maximum absolute atomic E-state index is 12.7. The summed E-state index contributed by atoms with van der Waals surface area (Å²) in [6.07, 6.45) is 0.241.